The molecular weight excluding hydrogens is 539 g/mol. The molecule has 0 unspecified atom stereocenters. The molecule has 0 atom stereocenters. The molecular formula is C19H29IN4O2S3. The molecule has 2 rings (SSSR count). The summed E-state index contributed by atoms with van der Waals surface area (Å²) in [5, 5.41) is 6.52. The lowest BCUT2D eigenvalue weighted by Crippen LogP contribution is -2.36. The van der Waals surface area contributed by atoms with Crippen LogP contribution in [0.3, 0.4) is 0 Å². The Morgan fingerprint density at radius 1 is 1.21 bits per heavy atom. The molecule has 162 valence electrons. The third-order valence-corrected chi connectivity index (χ3v) is 8.18. The number of sulfonamides is 1. The molecule has 0 amide bonds. The van der Waals surface area contributed by atoms with Crippen molar-refractivity contribution in [1.82, 2.24) is 14.9 Å². The van der Waals surface area contributed by atoms with E-state index in [0.717, 1.165) is 11.4 Å². The standard InChI is InChI=1S/C19H28N4O2S3.HI/c1-6-20-19(21-12-15-8-7-14(2)11-17(15)26-5)22-13-16-9-10-18(27-16)28(24,25)23(3)4;/h7-11H,6,12-13H2,1-5H3,(H2,20,21,22);1H. The normalized spacial score (nSPS) is 12.0. The first-order chi connectivity index (χ1) is 13.3. The molecule has 29 heavy (non-hydrogen) atoms. The van der Waals surface area contributed by atoms with Crippen molar-refractivity contribution in [2.45, 2.75) is 36.0 Å². The third kappa shape index (κ3) is 7.42. The first-order valence-corrected chi connectivity index (χ1v) is 12.4. The Morgan fingerprint density at radius 3 is 2.55 bits per heavy atom. The molecule has 0 bridgehead atoms. The van der Waals surface area contributed by atoms with Crippen LogP contribution in [0.1, 0.15) is 22.9 Å². The summed E-state index contributed by atoms with van der Waals surface area (Å²) in [6.45, 7) is 5.95. The lowest BCUT2D eigenvalue weighted by molar-refractivity contribution is 0.523. The first-order valence-electron chi connectivity index (χ1n) is 8.94. The average Bonchev–Trinajstić information content (AvgIpc) is 3.14. The number of halogens is 1. The predicted molar refractivity (Wildman–Crippen MR) is 135 cm³/mol. The Morgan fingerprint density at radius 2 is 1.93 bits per heavy atom. The van der Waals surface area contributed by atoms with Gasteiger partial charge in [0.05, 0.1) is 13.1 Å². The lowest BCUT2D eigenvalue weighted by atomic mass is 10.1. The van der Waals surface area contributed by atoms with E-state index in [1.165, 1.54) is 45.8 Å². The van der Waals surface area contributed by atoms with Gasteiger partial charge in [-0.25, -0.2) is 17.7 Å². The number of guanidine groups is 1. The van der Waals surface area contributed by atoms with Crippen LogP contribution in [0.25, 0.3) is 0 Å². The molecule has 2 aromatic rings. The molecule has 0 saturated heterocycles. The van der Waals surface area contributed by atoms with E-state index >= 15 is 0 Å². The minimum absolute atomic E-state index is 0. The van der Waals surface area contributed by atoms with Crippen molar-refractivity contribution in [2.24, 2.45) is 4.99 Å². The number of hydrogen-bond acceptors (Lipinski definition) is 5. The van der Waals surface area contributed by atoms with Gasteiger partial charge in [0.1, 0.15) is 4.21 Å². The van der Waals surface area contributed by atoms with Gasteiger partial charge in [0, 0.05) is 30.4 Å². The zero-order chi connectivity index (χ0) is 20.7. The maximum absolute atomic E-state index is 12.2. The Kier molecular flexibility index (Phi) is 11.0. The van der Waals surface area contributed by atoms with E-state index in [2.05, 4.69) is 47.0 Å². The van der Waals surface area contributed by atoms with E-state index in [9.17, 15) is 8.42 Å². The third-order valence-electron chi connectivity index (χ3n) is 4.00. The highest BCUT2D eigenvalue weighted by atomic mass is 127. The summed E-state index contributed by atoms with van der Waals surface area (Å²) < 4.78 is 26.0. The molecule has 0 spiro atoms. The Balaban J connectivity index is 0.00000420. The summed E-state index contributed by atoms with van der Waals surface area (Å²) >= 11 is 2.99. The molecule has 10 heteroatoms. The van der Waals surface area contributed by atoms with E-state index in [1.807, 2.05) is 13.0 Å². The maximum Gasteiger partial charge on any atom is 0.252 e. The van der Waals surface area contributed by atoms with Gasteiger partial charge in [-0.3, -0.25) is 0 Å². The van der Waals surface area contributed by atoms with Gasteiger partial charge in [0.2, 0.25) is 0 Å². The summed E-state index contributed by atoms with van der Waals surface area (Å²) in [6.07, 6.45) is 2.07. The molecule has 0 radical (unpaired) electrons. The van der Waals surface area contributed by atoms with Gasteiger partial charge in [-0.2, -0.15) is 0 Å². The van der Waals surface area contributed by atoms with Crippen LogP contribution in [-0.4, -0.2) is 45.6 Å². The number of nitrogens with zero attached hydrogens (tertiary/aromatic N) is 2. The fraction of sp³-hybridized carbons (Fsp3) is 0.421. The van der Waals surface area contributed by atoms with Gasteiger partial charge in [-0.1, -0.05) is 12.1 Å². The van der Waals surface area contributed by atoms with Crippen molar-refractivity contribution in [2.75, 3.05) is 26.9 Å². The highest BCUT2D eigenvalue weighted by Gasteiger charge is 2.19. The van der Waals surface area contributed by atoms with Crippen LogP contribution in [0.15, 0.2) is 44.4 Å². The number of aliphatic imine (C=N–C) groups is 1. The summed E-state index contributed by atoms with van der Waals surface area (Å²) in [5.74, 6) is 0.709. The number of thioether (sulfide) groups is 1. The van der Waals surface area contributed by atoms with Crippen LogP contribution in [0.5, 0.6) is 0 Å². The van der Waals surface area contributed by atoms with Gasteiger partial charge in [-0.05, 0) is 49.4 Å². The minimum Gasteiger partial charge on any atom is -0.357 e. The van der Waals surface area contributed by atoms with Crippen LogP contribution >= 0.6 is 47.1 Å². The molecule has 1 aromatic heterocycles. The van der Waals surface area contributed by atoms with Gasteiger partial charge in [0.15, 0.2) is 5.96 Å². The van der Waals surface area contributed by atoms with Crippen LogP contribution in [0.2, 0.25) is 0 Å². The van der Waals surface area contributed by atoms with Gasteiger partial charge < -0.3 is 10.6 Å². The fourth-order valence-electron chi connectivity index (χ4n) is 2.43. The van der Waals surface area contributed by atoms with E-state index in [-0.39, 0.29) is 24.0 Å². The summed E-state index contributed by atoms with van der Waals surface area (Å²) in [6, 6.07) is 9.88. The van der Waals surface area contributed by atoms with E-state index in [4.69, 9.17) is 0 Å². The second-order valence-electron chi connectivity index (χ2n) is 6.37. The van der Waals surface area contributed by atoms with Crippen molar-refractivity contribution in [3.63, 3.8) is 0 Å². The predicted octanol–water partition coefficient (Wildman–Crippen LogP) is 3.90. The van der Waals surface area contributed by atoms with Gasteiger partial charge in [-0.15, -0.1) is 47.1 Å². The van der Waals surface area contributed by atoms with E-state index in [1.54, 1.807) is 17.8 Å². The lowest BCUT2D eigenvalue weighted by Gasteiger charge is -2.12. The van der Waals surface area contributed by atoms with Crippen LogP contribution in [0.4, 0.5) is 0 Å². The number of hydrogen-bond donors (Lipinski definition) is 2. The molecule has 0 aliphatic heterocycles. The van der Waals surface area contributed by atoms with Crippen LogP contribution in [-0.2, 0) is 23.1 Å². The van der Waals surface area contributed by atoms with Crippen molar-refractivity contribution in [3.05, 3.63) is 46.3 Å². The summed E-state index contributed by atoms with van der Waals surface area (Å²) in [5.41, 5.74) is 2.43. The van der Waals surface area contributed by atoms with E-state index in [0.29, 0.717) is 23.3 Å². The summed E-state index contributed by atoms with van der Waals surface area (Å²) in [4.78, 5) is 6.85. The molecule has 1 aromatic carbocycles. The quantitative estimate of drug-likeness (QED) is 0.219. The molecule has 0 saturated carbocycles. The van der Waals surface area contributed by atoms with E-state index < -0.39 is 10.0 Å². The zero-order valence-electron chi connectivity index (χ0n) is 17.4. The number of aryl methyl sites for hydroxylation is 1. The molecule has 0 fully saturated rings. The number of benzene rings is 1. The molecule has 6 nitrogen and oxygen atoms in total. The highest BCUT2D eigenvalue weighted by Crippen LogP contribution is 2.24. The first kappa shape index (κ1) is 26.2. The fourth-order valence-corrected chi connectivity index (χ4v) is 5.59. The largest absolute Gasteiger partial charge is 0.357 e. The maximum atomic E-state index is 12.2. The average molecular weight is 569 g/mol. The monoisotopic (exact) mass is 568 g/mol. The van der Waals surface area contributed by atoms with Gasteiger partial charge in [0.25, 0.3) is 10.0 Å². The second-order valence-corrected chi connectivity index (χ2v) is 10.8. The van der Waals surface area contributed by atoms with Crippen molar-refractivity contribution in [3.8, 4) is 0 Å². The molecule has 1 heterocycles. The smallest absolute Gasteiger partial charge is 0.252 e. The van der Waals surface area contributed by atoms with Crippen molar-refractivity contribution >= 4 is 63.1 Å². The van der Waals surface area contributed by atoms with Crippen molar-refractivity contribution < 1.29 is 8.42 Å². The number of rotatable bonds is 8. The topological polar surface area (TPSA) is 73.8 Å². The van der Waals surface area contributed by atoms with Crippen molar-refractivity contribution in [1.29, 1.82) is 0 Å². The Labute approximate surface area is 199 Å². The number of thiophene rings is 1. The molecule has 0 aliphatic rings. The van der Waals surface area contributed by atoms with Gasteiger partial charge >= 0.3 is 0 Å². The van der Waals surface area contributed by atoms with Crippen LogP contribution < -0.4 is 10.6 Å². The minimum atomic E-state index is -3.39. The second kappa shape index (κ2) is 12.1. The summed E-state index contributed by atoms with van der Waals surface area (Å²) in [7, 11) is -0.309. The molecule has 0 aliphatic carbocycles. The zero-order valence-corrected chi connectivity index (χ0v) is 22.1. The highest BCUT2D eigenvalue weighted by molar-refractivity contribution is 14.0. The SMILES string of the molecule is CCNC(=NCc1ccc(C)cc1SC)NCc1ccc(S(=O)(=O)N(C)C)s1.I. The van der Waals surface area contributed by atoms with Crippen LogP contribution in [0, 0.1) is 6.92 Å². The Bertz CT molecular complexity index is 927. The Hall–Kier alpha value is -0.820. The number of nitrogens with one attached hydrogen (secondary N) is 2. The molecule has 2 N–H and O–H groups in total.